The molecule has 0 aliphatic rings. The molecular weight excluding hydrogens is 232 g/mol. The predicted octanol–water partition coefficient (Wildman–Crippen LogP) is 0.825. The fourth-order valence-electron chi connectivity index (χ4n) is 0.936. The van der Waals surface area contributed by atoms with Crippen molar-refractivity contribution in [2.75, 3.05) is 6.61 Å². The Morgan fingerprint density at radius 2 is 2.19 bits per heavy atom. The van der Waals surface area contributed by atoms with E-state index in [9.17, 15) is 13.2 Å². The molecule has 0 atom stereocenters. The molecule has 1 aromatic rings. The average Bonchev–Trinajstić information content (AvgIpc) is 2.17. The lowest BCUT2D eigenvalue weighted by Gasteiger charge is -2.05. The highest BCUT2D eigenvalue weighted by Gasteiger charge is 2.19. The normalized spacial score (nSPS) is 10.9. The zero-order chi connectivity index (χ0) is 12.2. The SMILES string of the molecule is CCOC(=O)NS(=O)(=O)c1ccc(C)cn1. The molecule has 1 heterocycles. The highest BCUT2D eigenvalue weighted by atomic mass is 32.2. The lowest BCUT2D eigenvalue weighted by atomic mass is 10.3. The number of hydrogen-bond acceptors (Lipinski definition) is 5. The lowest BCUT2D eigenvalue weighted by molar-refractivity contribution is 0.158. The topological polar surface area (TPSA) is 85.4 Å². The first-order valence-corrected chi connectivity index (χ1v) is 6.06. The van der Waals surface area contributed by atoms with Crippen LogP contribution in [0.4, 0.5) is 4.79 Å². The van der Waals surface area contributed by atoms with Crippen molar-refractivity contribution in [1.29, 1.82) is 0 Å². The van der Waals surface area contributed by atoms with Crippen LogP contribution in [0.25, 0.3) is 0 Å². The van der Waals surface area contributed by atoms with Gasteiger partial charge in [-0.15, -0.1) is 0 Å². The molecule has 1 aromatic heterocycles. The van der Waals surface area contributed by atoms with E-state index < -0.39 is 16.1 Å². The zero-order valence-corrected chi connectivity index (χ0v) is 9.74. The van der Waals surface area contributed by atoms with Crippen molar-refractivity contribution in [1.82, 2.24) is 9.71 Å². The Labute approximate surface area is 93.7 Å². The number of hydrogen-bond donors (Lipinski definition) is 1. The number of amides is 1. The van der Waals surface area contributed by atoms with Crippen LogP contribution >= 0.6 is 0 Å². The summed E-state index contributed by atoms with van der Waals surface area (Å²) in [6.45, 7) is 3.46. The Morgan fingerprint density at radius 1 is 1.50 bits per heavy atom. The first-order valence-electron chi connectivity index (χ1n) is 4.58. The van der Waals surface area contributed by atoms with Gasteiger partial charge < -0.3 is 4.74 Å². The molecule has 6 nitrogen and oxygen atoms in total. The minimum absolute atomic E-state index is 0.0999. The van der Waals surface area contributed by atoms with Gasteiger partial charge in [-0.2, -0.15) is 8.42 Å². The summed E-state index contributed by atoms with van der Waals surface area (Å²) in [6.07, 6.45) is 0.393. The molecule has 88 valence electrons. The monoisotopic (exact) mass is 244 g/mol. The number of nitrogens with one attached hydrogen (secondary N) is 1. The number of carbonyl (C=O) groups is 1. The van der Waals surface area contributed by atoms with Gasteiger partial charge in [-0.25, -0.2) is 14.5 Å². The van der Waals surface area contributed by atoms with Gasteiger partial charge in [0.05, 0.1) is 6.61 Å². The van der Waals surface area contributed by atoms with Crippen molar-refractivity contribution in [2.45, 2.75) is 18.9 Å². The zero-order valence-electron chi connectivity index (χ0n) is 8.93. The molecule has 0 aliphatic heterocycles. The van der Waals surface area contributed by atoms with E-state index in [1.807, 2.05) is 0 Å². The van der Waals surface area contributed by atoms with Gasteiger partial charge in [0.15, 0.2) is 5.03 Å². The number of ether oxygens (including phenoxy) is 1. The van der Waals surface area contributed by atoms with E-state index in [2.05, 4.69) is 9.72 Å². The smallest absolute Gasteiger partial charge is 0.421 e. The van der Waals surface area contributed by atoms with Gasteiger partial charge in [0.2, 0.25) is 0 Å². The summed E-state index contributed by atoms with van der Waals surface area (Å²) in [4.78, 5) is 14.7. The van der Waals surface area contributed by atoms with E-state index in [0.29, 0.717) is 0 Å². The molecule has 0 aromatic carbocycles. The molecule has 0 spiro atoms. The number of aryl methyl sites for hydroxylation is 1. The van der Waals surface area contributed by atoms with Crippen LogP contribution in [0, 0.1) is 6.92 Å². The molecule has 7 heteroatoms. The van der Waals surface area contributed by atoms with Gasteiger partial charge >= 0.3 is 6.09 Å². The number of sulfonamides is 1. The maximum Gasteiger partial charge on any atom is 0.421 e. The summed E-state index contributed by atoms with van der Waals surface area (Å²) in [7, 11) is -3.93. The number of nitrogens with zero attached hydrogens (tertiary/aromatic N) is 1. The minimum atomic E-state index is -3.93. The standard InChI is InChI=1S/C9H12N2O4S/c1-3-15-9(12)11-16(13,14)8-5-4-7(2)6-10-8/h4-6H,3H2,1-2H3,(H,11,12). The molecule has 1 amide bonds. The van der Waals surface area contributed by atoms with Gasteiger partial charge in [0.25, 0.3) is 10.0 Å². The van der Waals surface area contributed by atoms with Crippen LogP contribution in [0.3, 0.4) is 0 Å². The van der Waals surface area contributed by atoms with E-state index >= 15 is 0 Å². The van der Waals surface area contributed by atoms with Crippen molar-refractivity contribution >= 4 is 16.1 Å². The minimum Gasteiger partial charge on any atom is -0.449 e. The molecule has 1 N–H and O–H groups in total. The molecule has 0 saturated heterocycles. The molecule has 0 saturated carbocycles. The third kappa shape index (κ3) is 3.20. The summed E-state index contributed by atoms with van der Waals surface area (Å²) in [5.41, 5.74) is 0.829. The van der Waals surface area contributed by atoms with E-state index in [1.54, 1.807) is 24.6 Å². The fourth-order valence-corrected chi connectivity index (χ4v) is 1.76. The third-order valence-corrected chi connectivity index (χ3v) is 2.88. The van der Waals surface area contributed by atoms with Crippen LogP contribution in [0.1, 0.15) is 12.5 Å². The second-order valence-corrected chi connectivity index (χ2v) is 4.63. The lowest BCUT2D eigenvalue weighted by Crippen LogP contribution is -2.31. The third-order valence-electron chi connectivity index (χ3n) is 1.65. The van der Waals surface area contributed by atoms with Crippen LogP contribution in [0.2, 0.25) is 0 Å². The number of aromatic nitrogens is 1. The largest absolute Gasteiger partial charge is 0.449 e. The first kappa shape index (κ1) is 12.4. The van der Waals surface area contributed by atoms with E-state index in [4.69, 9.17) is 0 Å². The molecule has 0 radical (unpaired) electrons. The Balaban J connectivity index is 2.86. The van der Waals surface area contributed by atoms with Crippen molar-refractivity contribution < 1.29 is 17.9 Å². The quantitative estimate of drug-likeness (QED) is 0.851. The molecule has 0 fully saturated rings. The number of carbonyl (C=O) groups excluding carboxylic acids is 1. The van der Waals surface area contributed by atoms with E-state index in [-0.39, 0.29) is 11.6 Å². The Kier molecular flexibility index (Phi) is 3.83. The van der Waals surface area contributed by atoms with Gasteiger partial charge in [-0.1, -0.05) is 6.07 Å². The second-order valence-electron chi connectivity index (χ2n) is 3.00. The highest BCUT2D eigenvalue weighted by molar-refractivity contribution is 7.90. The highest BCUT2D eigenvalue weighted by Crippen LogP contribution is 2.05. The van der Waals surface area contributed by atoms with Crippen molar-refractivity contribution in [3.8, 4) is 0 Å². The molecular formula is C9H12N2O4S. The van der Waals surface area contributed by atoms with Crippen LogP contribution in [-0.2, 0) is 14.8 Å². The Bertz CT molecular complexity index is 467. The maximum atomic E-state index is 11.6. The van der Waals surface area contributed by atoms with Gasteiger partial charge in [0.1, 0.15) is 0 Å². The van der Waals surface area contributed by atoms with Crippen molar-refractivity contribution in [3.63, 3.8) is 0 Å². The second kappa shape index (κ2) is 4.93. The van der Waals surface area contributed by atoms with E-state index in [0.717, 1.165) is 5.56 Å². The maximum absolute atomic E-state index is 11.6. The molecule has 0 unspecified atom stereocenters. The van der Waals surface area contributed by atoms with Crippen LogP contribution in [-0.4, -0.2) is 26.1 Å². The van der Waals surface area contributed by atoms with Crippen molar-refractivity contribution in [2.24, 2.45) is 0 Å². The summed E-state index contributed by atoms with van der Waals surface area (Å²) in [5, 5.41) is -0.217. The van der Waals surface area contributed by atoms with Gasteiger partial charge in [-0.3, -0.25) is 0 Å². The molecule has 0 bridgehead atoms. The number of pyridine rings is 1. The van der Waals surface area contributed by atoms with E-state index in [1.165, 1.54) is 12.3 Å². The van der Waals surface area contributed by atoms with Crippen LogP contribution < -0.4 is 4.72 Å². The average molecular weight is 244 g/mol. The predicted molar refractivity (Wildman–Crippen MR) is 56.3 cm³/mol. The number of rotatable bonds is 3. The summed E-state index contributed by atoms with van der Waals surface area (Å²) in [5.74, 6) is 0. The molecule has 0 aliphatic carbocycles. The van der Waals surface area contributed by atoms with Crippen LogP contribution in [0.15, 0.2) is 23.4 Å². The Morgan fingerprint density at radius 3 is 2.69 bits per heavy atom. The van der Waals surface area contributed by atoms with Crippen molar-refractivity contribution in [3.05, 3.63) is 23.9 Å². The Hall–Kier alpha value is -1.63. The molecule has 16 heavy (non-hydrogen) atoms. The van der Waals surface area contributed by atoms with Gasteiger partial charge in [-0.05, 0) is 25.5 Å². The van der Waals surface area contributed by atoms with Gasteiger partial charge in [0, 0.05) is 6.20 Å². The molecule has 1 rings (SSSR count). The summed E-state index contributed by atoms with van der Waals surface area (Å²) < 4.78 is 29.3. The fraction of sp³-hybridized carbons (Fsp3) is 0.333. The first-order chi connectivity index (χ1) is 7.45. The van der Waals surface area contributed by atoms with Crippen LogP contribution in [0.5, 0.6) is 0 Å². The summed E-state index contributed by atoms with van der Waals surface area (Å²) >= 11 is 0. The summed E-state index contributed by atoms with van der Waals surface area (Å²) in [6, 6.07) is 2.91.